The van der Waals surface area contributed by atoms with E-state index < -0.39 is 23.6 Å². The molecule has 0 aliphatic heterocycles. The van der Waals surface area contributed by atoms with E-state index in [1.807, 2.05) is 0 Å². The summed E-state index contributed by atoms with van der Waals surface area (Å²) in [7, 11) is 0. The number of phenolic OH excluding ortho intramolecular Hbond substituents is 1. The molecule has 2 atom stereocenters. The number of aryl methyl sites for hydroxylation is 1. The number of hydrogen-bond donors (Lipinski definition) is 3. The average Bonchev–Trinajstić information content (AvgIpc) is 2.57. The van der Waals surface area contributed by atoms with Crippen LogP contribution in [0.5, 0.6) is 5.75 Å². The number of rotatable bonds is 3. The molecule has 1 aliphatic carbocycles. The molecule has 6 nitrogen and oxygen atoms in total. The van der Waals surface area contributed by atoms with Crippen LogP contribution in [0.1, 0.15) is 36.9 Å². The molecule has 1 aromatic carbocycles. The fraction of sp³-hybridized carbons (Fsp3) is 0.471. The number of aliphatic hydroxyl groups excluding tert-OH is 1. The number of anilines is 1. The van der Waals surface area contributed by atoms with Gasteiger partial charge in [0.1, 0.15) is 11.4 Å². The van der Waals surface area contributed by atoms with Crippen LogP contribution in [0.15, 0.2) is 18.2 Å². The third-order valence-electron chi connectivity index (χ3n) is 4.49. The van der Waals surface area contributed by atoms with Crippen LogP contribution in [0.4, 0.5) is 19.1 Å². The van der Waals surface area contributed by atoms with Gasteiger partial charge in [-0.25, -0.2) is 4.98 Å². The van der Waals surface area contributed by atoms with Crippen LogP contribution in [0.25, 0.3) is 11.3 Å². The van der Waals surface area contributed by atoms with E-state index in [4.69, 9.17) is 0 Å². The Morgan fingerprint density at radius 2 is 1.88 bits per heavy atom. The van der Waals surface area contributed by atoms with Gasteiger partial charge in [-0.3, -0.25) is 0 Å². The lowest BCUT2D eigenvalue weighted by molar-refractivity contribution is -0.137. The van der Waals surface area contributed by atoms with Gasteiger partial charge in [0.05, 0.1) is 23.4 Å². The van der Waals surface area contributed by atoms with Gasteiger partial charge in [0.25, 0.3) is 0 Å². The van der Waals surface area contributed by atoms with Crippen molar-refractivity contribution in [3.8, 4) is 17.0 Å². The lowest BCUT2D eigenvalue weighted by Crippen LogP contribution is -2.37. The number of nitrogens with one attached hydrogen (secondary N) is 1. The number of aliphatic hydroxyl groups is 1. The standard InChI is InChI=1S/C17H19F3N4O2/c1-9-15(11-7-6-10(8-14(11)26)17(18,19)20)23-24-16(21-9)22-12-4-2-3-5-13(12)25/h6-8,12-13,25-26H,2-5H2,1H3,(H,21,22,24). The van der Waals surface area contributed by atoms with E-state index in [2.05, 4.69) is 20.5 Å². The summed E-state index contributed by atoms with van der Waals surface area (Å²) in [6, 6.07) is 2.52. The molecule has 1 heterocycles. The second-order valence-corrected chi connectivity index (χ2v) is 6.40. The minimum absolute atomic E-state index is 0.125. The smallest absolute Gasteiger partial charge is 0.416 e. The molecule has 0 bridgehead atoms. The molecule has 1 saturated carbocycles. The molecule has 3 N–H and O–H groups in total. The average molecular weight is 368 g/mol. The van der Waals surface area contributed by atoms with Gasteiger partial charge >= 0.3 is 6.18 Å². The molecule has 2 aromatic rings. The van der Waals surface area contributed by atoms with E-state index in [9.17, 15) is 23.4 Å². The van der Waals surface area contributed by atoms with Crippen LogP contribution in [-0.2, 0) is 6.18 Å². The van der Waals surface area contributed by atoms with Crippen molar-refractivity contribution < 1.29 is 23.4 Å². The number of aromatic hydroxyl groups is 1. The van der Waals surface area contributed by atoms with Gasteiger partial charge in [-0.1, -0.05) is 12.8 Å². The normalized spacial score (nSPS) is 20.8. The molecular formula is C17H19F3N4O2. The van der Waals surface area contributed by atoms with Crippen molar-refractivity contribution in [2.75, 3.05) is 5.32 Å². The van der Waals surface area contributed by atoms with Gasteiger partial charge in [0, 0.05) is 5.56 Å². The number of alkyl halides is 3. The molecule has 3 rings (SSSR count). The van der Waals surface area contributed by atoms with Crippen LogP contribution >= 0.6 is 0 Å². The second-order valence-electron chi connectivity index (χ2n) is 6.40. The van der Waals surface area contributed by atoms with E-state index in [1.54, 1.807) is 6.92 Å². The Hall–Kier alpha value is -2.42. The highest BCUT2D eigenvalue weighted by Crippen LogP contribution is 2.36. The summed E-state index contributed by atoms with van der Waals surface area (Å²) in [5.74, 6) is -0.300. The molecule has 0 saturated heterocycles. The Morgan fingerprint density at radius 1 is 1.15 bits per heavy atom. The lowest BCUT2D eigenvalue weighted by atomic mass is 9.93. The molecule has 1 aliphatic rings. The quantitative estimate of drug-likeness (QED) is 0.770. The van der Waals surface area contributed by atoms with E-state index >= 15 is 0 Å². The van der Waals surface area contributed by atoms with Crippen molar-refractivity contribution >= 4 is 5.95 Å². The maximum atomic E-state index is 12.7. The van der Waals surface area contributed by atoms with Crippen molar-refractivity contribution in [1.29, 1.82) is 0 Å². The minimum Gasteiger partial charge on any atom is -0.507 e. The Morgan fingerprint density at radius 3 is 2.50 bits per heavy atom. The Labute approximate surface area is 148 Å². The first kappa shape index (κ1) is 18.4. The third-order valence-corrected chi connectivity index (χ3v) is 4.49. The molecule has 9 heteroatoms. The van der Waals surface area contributed by atoms with E-state index in [-0.39, 0.29) is 23.2 Å². The zero-order valence-electron chi connectivity index (χ0n) is 14.1. The summed E-state index contributed by atoms with van der Waals surface area (Å²) in [6.45, 7) is 1.63. The van der Waals surface area contributed by atoms with Crippen LogP contribution < -0.4 is 5.32 Å². The van der Waals surface area contributed by atoms with Gasteiger partial charge in [-0.05, 0) is 38.0 Å². The highest BCUT2D eigenvalue weighted by atomic mass is 19.4. The fourth-order valence-corrected chi connectivity index (χ4v) is 3.07. The highest BCUT2D eigenvalue weighted by Gasteiger charge is 2.31. The number of phenols is 1. The van der Waals surface area contributed by atoms with Crippen molar-refractivity contribution in [1.82, 2.24) is 15.2 Å². The second kappa shape index (κ2) is 7.06. The van der Waals surface area contributed by atoms with Crippen molar-refractivity contribution in [3.05, 3.63) is 29.5 Å². The highest BCUT2D eigenvalue weighted by molar-refractivity contribution is 5.69. The molecule has 0 radical (unpaired) electrons. The fourth-order valence-electron chi connectivity index (χ4n) is 3.07. The summed E-state index contributed by atoms with van der Waals surface area (Å²) >= 11 is 0. The van der Waals surface area contributed by atoms with Gasteiger partial charge in [0.2, 0.25) is 5.95 Å². The predicted octanol–water partition coefficient (Wildman–Crippen LogP) is 3.29. The first-order chi connectivity index (χ1) is 12.3. The summed E-state index contributed by atoms with van der Waals surface area (Å²) in [5, 5.41) is 30.9. The summed E-state index contributed by atoms with van der Waals surface area (Å²) in [6.07, 6.45) is -1.54. The third kappa shape index (κ3) is 3.87. The minimum atomic E-state index is -4.54. The van der Waals surface area contributed by atoms with Crippen molar-refractivity contribution in [2.24, 2.45) is 0 Å². The Balaban J connectivity index is 1.84. The predicted molar refractivity (Wildman–Crippen MR) is 88.6 cm³/mol. The molecule has 2 unspecified atom stereocenters. The van der Waals surface area contributed by atoms with E-state index in [1.165, 1.54) is 0 Å². The van der Waals surface area contributed by atoms with E-state index in [0.29, 0.717) is 18.2 Å². The number of aromatic nitrogens is 3. The maximum absolute atomic E-state index is 12.7. The molecule has 1 aromatic heterocycles. The first-order valence-corrected chi connectivity index (χ1v) is 8.32. The molecule has 26 heavy (non-hydrogen) atoms. The maximum Gasteiger partial charge on any atom is 0.416 e. The summed E-state index contributed by atoms with van der Waals surface area (Å²) in [4.78, 5) is 4.26. The first-order valence-electron chi connectivity index (χ1n) is 8.32. The molecular weight excluding hydrogens is 349 g/mol. The van der Waals surface area contributed by atoms with Crippen LogP contribution in [-0.4, -0.2) is 37.5 Å². The van der Waals surface area contributed by atoms with E-state index in [0.717, 1.165) is 31.4 Å². The number of halogens is 3. The number of benzene rings is 1. The molecule has 1 fully saturated rings. The van der Waals surface area contributed by atoms with Crippen LogP contribution in [0.3, 0.4) is 0 Å². The lowest BCUT2D eigenvalue weighted by Gasteiger charge is -2.28. The molecule has 140 valence electrons. The van der Waals surface area contributed by atoms with Gasteiger partial charge in [0.15, 0.2) is 0 Å². The van der Waals surface area contributed by atoms with Crippen molar-refractivity contribution in [3.63, 3.8) is 0 Å². The largest absolute Gasteiger partial charge is 0.507 e. The van der Waals surface area contributed by atoms with Crippen LogP contribution in [0.2, 0.25) is 0 Å². The monoisotopic (exact) mass is 368 g/mol. The van der Waals surface area contributed by atoms with Gasteiger partial charge < -0.3 is 15.5 Å². The molecule has 0 amide bonds. The SMILES string of the molecule is Cc1nc(NC2CCCCC2O)nnc1-c1ccc(C(F)(F)F)cc1O. The van der Waals surface area contributed by atoms with Gasteiger partial charge in [-0.15, -0.1) is 10.2 Å². The molecule has 0 spiro atoms. The van der Waals surface area contributed by atoms with Crippen LogP contribution in [0, 0.1) is 6.92 Å². The van der Waals surface area contributed by atoms with Crippen molar-refractivity contribution in [2.45, 2.75) is 50.9 Å². The zero-order chi connectivity index (χ0) is 18.9. The number of hydrogen-bond acceptors (Lipinski definition) is 6. The zero-order valence-corrected chi connectivity index (χ0v) is 14.1. The Bertz CT molecular complexity index is 798. The topological polar surface area (TPSA) is 91.2 Å². The summed E-state index contributed by atoms with van der Waals surface area (Å²) < 4.78 is 38.1. The Kier molecular flexibility index (Phi) is 4.99. The summed E-state index contributed by atoms with van der Waals surface area (Å²) in [5.41, 5.74) is -0.213. The number of nitrogens with zero attached hydrogens (tertiary/aromatic N) is 3. The van der Waals surface area contributed by atoms with Gasteiger partial charge in [-0.2, -0.15) is 13.2 Å².